The third kappa shape index (κ3) is 4.01. The minimum Gasteiger partial charge on any atom is -0.497 e. The number of benzene rings is 4. The van der Waals surface area contributed by atoms with Crippen molar-refractivity contribution in [1.29, 1.82) is 0 Å². The molecule has 2 aromatic heterocycles. The summed E-state index contributed by atoms with van der Waals surface area (Å²) in [6, 6.07) is 23.9. The molecule has 0 unspecified atom stereocenters. The van der Waals surface area contributed by atoms with Gasteiger partial charge in [0.15, 0.2) is 0 Å². The van der Waals surface area contributed by atoms with Crippen molar-refractivity contribution in [2.75, 3.05) is 14.2 Å². The molecule has 0 fully saturated rings. The Hall–Kier alpha value is -5.12. The lowest BCUT2D eigenvalue weighted by atomic mass is 9.89. The molecular weight excluding hydrogens is 598 g/mol. The lowest BCUT2D eigenvalue weighted by Gasteiger charge is -2.26. The number of fused-ring (bicyclic) bond motifs is 2. The monoisotopic (exact) mass is 620 g/mol. The number of ether oxygens (including phenoxy) is 2. The SMILES string of the molecule is COc1ccc2c(C3=C(c4c(-c5ccccc5)oc5cc(OC)ccc45)C(F)(F)C(F)(F)C3(F)F)c(-c3ccccc3)oc2c1. The van der Waals surface area contributed by atoms with Gasteiger partial charge in [-0.1, -0.05) is 60.7 Å². The zero-order chi connectivity index (χ0) is 31.7. The van der Waals surface area contributed by atoms with E-state index in [-0.39, 0.29) is 56.1 Å². The summed E-state index contributed by atoms with van der Waals surface area (Å²) in [5.41, 5.74) is -3.89. The maximum absolute atomic E-state index is 16.3. The fraction of sp³-hybridized carbons (Fsp3) is 0.143. The molecule has 7 rings (SSSR count). The Bertz CT molecular complexity index is 1960. The fourth-order valence-electron chi connectivity index (χ4n) is 5.88. The van der Waals surface area contributed by atoms with Crippen LogP contribution >= 0.6 is 0 Å². The second kappa shape index (κ2) is 9.95. The molecule has 4 nitrogen and oxygen atoms in total. The molecule has 0 spiro atoms. The third-order valence-corrected chi connectivity index (χ3v) is 8.03. The molecule has 10 heteroatoms. The molecule has 0 amide bonds. The first-order chi connectivity index (χ1) is 21.5. The zero-order valence-electron chi connectivity index (χ0n) is 23.6. The predicted molar refractivity (Wildman–Crippen MR) is 158 cm³/mol. The molecule has 0 saturated heterocycles. The van der Waals surface area contributed by atoms with E-state index in [2.05, 4.69) is 0 Å². The standard InChI is InChI=1S/C35H22F6O4/c1-42-21-13-15-23-25(17-21)44-31(19-9-5-3-6-10-19)27(23)29-30(34(38,39)35(40,41)33(29,36)37)28-24-16-14-22(43-2)18-26(24)45-32(28)20-11-7-4-8-12-20/h3-18H,1-2H3. The maximum atomic E-state index is 16.3. The van der Waals surface area contributed by atoms with E-state index < -0.39 is 40.0 Å². The van der Waals surface area contributed by atoms with Crippen LogP contribution < -0.4 is 9.47 Å². The minimum atomic E-state index is -5.82. The van der Waals surface area contributed by atoms with Gasteiger partial charge in [0.1, 0.15) is 34.2 Å². The molecular formula is C35H22F6O4. The van der Waals surface area contributed by atoms with Crippen LogP contribution in [0, 0.1) is 0 Å². The van der Waals surface area contributed by atoms with E-state index in [0.29, 0.717) is 0 Å². The highest BCUT2D eigenvalue weighted by atomic mass is 19.3. The van der Waals surface area contributed by atoms with Crippen molar-refractivity contribution in [3.63, 3.8) is 0 Å². The Kier molecular flexibility index (Phi) is 6.33. The summed E-state index contributed by atoms with van der Waals surface area (Å²) in [5, 5.41) is -0.155. The van der Waals surface area contributed by atoms with E-state index >= 15 is 26.3 Å². The van der Waals surface area contributed by atoms with E-state index in [0.717, 1.165) is 0 Å². The van der Waals surface area contributed by atoms with Gasteiger partial charge in [-0.2, -0.15) is 26.3 Å². The van der Waals surface area contributed by atoms with E-state index in [1.165, 1.54) is 74.9 Å². The molecule has 228 valence electrons. The minimum absolute atomic E-state index is 0.0190. The molecule has 2 heterocycles. The molecule has 0 bridgehead atoms. The molecule has 1 aliphatic carbocycles. The summed E-state index contributed by atoms with van der Waals surface area (Å²) < 4.78 is 119. The lowest BCUT2D eigenvalue weighted by molar-refractivity contribution is -0.254. The highest BCUT2D eigenvalue weighted by molar-refractivity contribution is 6.15. The molecule has 0 saturated carbocycles. The van der Waals surface area contributed by atoms with Crippen molar-refractivity contribution in [2.45, 2.75) is 17.8 Å². The Labute approximate surface area is 252 Å². The van der Waals surface area contributed by atoms with Crippen LogP contribution in [0.3, 0.4) is 0 Å². The highest BCUT2D eigenvalue weighted by Gasteiger charge is 2.81. The van der Waals surface area contributed by atoms with Gasteiger partial charge in [-0.25, -0.2) is 0 Å². The summed E-state index contributed by atoms with van der Waals surface area (Å²) in [4.78, 5) is 0. The second-order valence-corrected chi connectivity index (χ2v) is 10.5. The molecule has 1 aliphatic rings. The average molecular weight is 621 g/mol. The van der Waals surface area contributed by atoms with Crippen LogP contribution in [0.1, 0.15) is 11.1 Å². The number of rotatable bonds is 6. The summed E-state index contributed by atoms with van der Waals surface area (Å²) in [6.45, 7) is 0. The van der Waals surface area contributed by atoms with Crippen molar-refractivity contribution >= 4 is 33.1 Å². The molecule has 0 atom stereocenters. The number of furan rings is 2. The van der Waals surface area contributed by atoms with Crippen LogP contribution in [-0.4, -0.2) is 32.0 Å². The second-order valence-electron chi connectivity index (χ2n) is 10.5. The molecule has 45 heavy (non-hydrogen) atoms. The van der Waals surface area contributed by atoms with Crippen molar-refractivity contribution in [3.05, 3.63) is 108 Å². The zero-order valence-corrected chi connectivity index (χ0v) is 23.6. The van der Waals surface area contributed by atoms with E-state index in [1.54, 1.807) is 36.4 Å². The van der Waals surface area contributed by atoms with Crippen LogP contribution in [0.4, 0.5) is 26.3 Å². The first kappa shape index (κ1) is 28.6. The van der Waals surface area contributed by atoms with Gasteiger partial charge in [0.25, 0.3) is 0 Å². The topological polar surface area (TPSA) is 44.7 Å². The number of alkyl halides is 6. The van der Waals surface area contributed by atoms with Crippen LogP contribution in [-0.2, 0) is 0 Å². The number of halogens is 6. The fourth-order valence-corrected chi connectivity index (χ4v) is 5.88. The third-order valence-electron chi connectivity index (χ3n) is 8.03. The van der Waals surface area contributed by atoms with Gasteiger partial charge < -0.3 is 18.3 Å². The van der Waals surface area contributed by atoms with Crippen molar-refractivity contribution in [3.8, 4) is 34.1 Å². The lowest BCUT2D eigenvalue weighted by Crippen LogP contribution is -2.48. The first-order valence-electron chi connectivity index (χ1n) is 13.7. The first-order valence-corrected chi connectivity index (χ1v) is 13.7. The highest BCUT2D eigenvalue weighted by Crippen LogP contribution is 2.67. The molecule has 6 aromatic rings. The van der Waals surface area contributed by atoms with Crippen LogP contribution in [0.5, 0.6) is 11.5 Å². The average Bonchev–Trinajstić information content (AvgIpc) is 3.64. The Morgan fingerprint density at radius 2 is 0.889 bits per heavy atom. The molecule has 4 aromatic carbocycles. The predicted octanol–water partition coefficient (Wildman–Crippen LogP) is 10.4. The summed E-state index contributed by atoms with van der Waals surface area (Å²) in [7, 11) is 2.75. The van der Waals surface area contributed by atoms with Gasteiger partial charge in [0.2, 0.25) is 0 Å². The molecule has 0 aliphatic heterocycles. The largest absolute Gasteiger partial charge is 0.497 e. The van der Waals surface area contributed by atoms with Gasteiger partial charge in [0.05, 0.1) is 14.2 Å². The van der Waals surface area contributed by atoms with Gasteiger partial charge in [-0.15, -0.1) is 0 Å². The van der Waals surface area contributed by atoms with Crippen LogP contribution in [0.2, 0.25) is 0 Å². The van der Waals surface area contributed by atoms with E-state index in [1.807, 2.05) is 0 Å². The van der Waals surface area contributed by atoms with Gasteiger partial charge >= 0.3 is 17.8 Å². The van der Waals surface area contributed by atoms with Crippen LogP contribution in [0.15, 0.2) is 106 Å². The Morgan fingerprint density at radius 3 is 1.24 bits per heavy atom. The summed E-state index contributed by atoms with van der Waals surface area (Å²) >= 11 is 0. The van der Waals surface area contributed by atoms with Crippen molar-refractivity contribution in [1.82, 2.24) is 0 Å². The normalized spacial score (nSPS) is 16.9. The number of hydrogen-bond donors (Lipinski definition) is 0. The Morgan fingerprint density at radius 1 is 0.511 bits per heavy atom. The number of methoxy groups -OCH3 is 2. The van der Waals surface area contributed by atoms with E-state index in [4.69, 9.17) is 18.3 Å². The maximum Gasteiger partial charge on any atom is 0.380 e. The smallest absolute Gasteiger partial charge is 0.380 e. The molecule has 0 radical (unpaired) electrons. The van der Waals surface area contributed by atoms with Crippen LogP contribution in [0.25, 0.3) is 55.7 Å². The van der Waals surface area contributed by atoms with Gasteiger partial charge in [0, 0.05) is 56.3 Å². The number of allylic oxidation sites excluding steroid dienone is 2. The quantitative estimate of drug-likeness (QED) is 0.174. The van der Waals surface area contributed by atoms with Gasteiger partial charge in [-0.3, -0.25) is 0 Å². The number of hydrogen-bond acceptors (Lipinski definition) is 4. The van der Waals surface area contributed by atoms with Gasteiger partial charge in [-0.05, 0) is 24.3 Å². The Balaban J connectivity index is 1.69. The van der Waals surface area contributed by atoms with E-state index in [9.17, 15) is 0 Å². The van der Waals surface area contributed by atoms with Crippen molar-refractivity contribution < 1.29 is 44.7 Å². The summed E-state index contributed by atoms with van der Waals surface area (Å²) in [6.07, 6.45) is 0. The van der Waals surface area contributed by atoms with Crippen molar-refractivity contribution in [2.24, 2.45) is 0 Å². The molecule has 0 N–H and O–H groups in total. The summed E-state index contributed by atoms with van der Waals surface area (Å²) in [5.74, 6) is -16.5.